The minimum absolute atomic E-state index is 0.325. The summed E-state index contributed by atoms with van der Waals surface area (Å²) in [6.45, 7) is 2.00. The van der Waals surface area contributed by atoms with Gasteiger partial charge in [-0.05, 0) is 25.1 Å². The van der Waals surface area contributed by atoms with Gasteiger partial charge in [-0.25, -0.2) is 0 Å². The lowest BCUT2D eigenvalue weighted by molar-refractivity contribution is 0.420. The van der Waals surface area contributed by atoms with Crippen molar-refractivity contribution in [1.82, 2.24) is 0 Å². The van der Waals surface area contributed by atoms with Crippen molar-refractivity contribution in [3.05, 3.63) is 42.0 Å². The van der Waals surface area contributed by atoms with E-state index in [4.69, 9.17) is 0 Å². The molecule has 70 valence electrons. The van der Waals surface area contributed by atoms with E-state index in [2.05, 4.69) is 0 Å². The molecule has 0 saturated carbocycles. The Hall–Kier alpha value is -0.830. The lowest BCUT2D eigenvalue weighted by Crippen LogP contribution is -1.75. The first kappa shape index (κ1) is 10.3. The van der Waals surface area contributed by atoms with Gasteiger partial charge in [0.05, 0.1) is 0 Å². The average molecular weight is 200 g/mol. The van der Waals surface area contributed by atoms with Crippen LogP contribution in [0.2, 0.25) is 0 Å². The van der Waals surface area contributed by atoms with Gasteiger partial charge in [0.2, 0.25) is 0 Å². The van der Waals surface area contributed by atoms with Crippen LogP contribution in [-0.2, 0) is 0 Å². The highest BCUT2D eigenvalue weighted by molar-refractivity contribution is 7.99. The Bertz CT molecular complexity index is 286. The fraction of sp³-hybridized carbons (Fsp3) is 0.200. The summed E-state index contributed by atoms with van der Waals surface area (Å²) in [5.41, 5.74) is 1.18. The summed E-state index contributed by atoms with van der Waals surface area (Å²) in [4.78, 5) is 1.02. The van der Waals surface area contributed by atoms with E-state index < -0.39 is 6.08 Å². The lowest BCUT2D eigenvalue weighted by Gasteiger charge is -1.97. The maximum Gasteiger partial charge on any atom is 0.267 e. The molecule has 0 saturated heterocycles. The third-order valence-electron chi connectivity index (χ3n) is 1.51. The number of hydrogen-bond acceptors (Lipinski definition) is 1. The van der Waals surface area contributed by atoms with Gasteiger partial charge < -0.3 is 0 Å². The van der Waals surface area contributed by atoms with Crippen molar-refractivity contribution in [2.24, 2.45) is 0 Å². The quantitative estimate of drug-likeness (QED) is 0.667. The normalized spacial score (nSPS) is 9.77. The van der Waals surface area contributed by atoms with Crippen LogP contribution in [0.25, 0.3) is 0 Å². The second-order valence-electron chi connectivity index (χ2n) is 2.62. The molecule has 0 aliphatic carbocycles. The number of hydrogen-bond donors (Lipinski definition) is 0. The van der Waals surface area contributed by atoms with Crippen LogP contribution in [0, 0.1) is 6.92 Å². The smallest absolute Gasteiger partial charge is 0.174 e. The summed E-state index contributed by atoms with van der Waals surface area (Å²) >= 11 is 1.40. The van der Waals surface area contributed by atoms with Crippen LogP contribution in [-0.4, -0.2) is 5.75 Å². The molecule has 0 bridgehead atoms. The Morgan fingerprint density at radius 2 is 1.92 bits per heavy atom. The molecule has 0 spiro atoms. The van der Waals surface area contributed by atoms with Crippen molar-refractivity contribution >= 4 is 11.8 Å². The highest BCUT2D eigenvalue weighted by Gasteiger charge is 1.92. The molecule has 3 heteroatoms. The minimum atomic E-state index is -1.61. The molecule has 0 unspecified atom stereocenters. The first-order valence-electron chi connectivity index (χ1n) is 3.89. The zero-order valence-electron chi connectivity index (χ0n) is 7.26. The van der Waals surface area contributed by atoms with Gasteiger partial charge in [0.15, 0.2) is 0 Å². The monoisotopic (exact) mass is 200 g/mol. The van der Waals surface area contributed by atoms with Crippen molar-refractivity contribution in [1.29, 1.82) is 0 Å². The van der Waals surface area contributed by atoms with Gasteiger partial charge in [-0.1, -0.05) is 17.7 Å². The van der Waals surface area contributed by atoms with E-state index in [1.165, 1.54) is 17.3 Å². The SMILES string of the molecule is Cc1ccc(SCC=C(F)F)cc1. The van der Waals surface area contributed by atoms with Gasteiger partial charge in [-0.3, -0.25) is 0 Å². The standard InChI is InChI=1S/C10H10F2S/c1-8-2-4-9(5-3-8)13-7-6-10(11)12/h2-6H,7H2,1H3. The van der Waals surface area contributed by atoms with E-state index in [-0.39, 0.29) is 0 Å². The zero-order valence-corrected chi connectivity index (χ0v) is 8.07. The number of rotatable bonds is 3. The van der Waals surface area contributed by atoms with Crippen molar-refractivity contribution in [3.63, 3.8) is 0 Å². The molecule has 0 radical (unpaired) electrons. The molecule has 0 amide bonds. The van der Waals surface area contributed by atoms with Crippen molar-refractivity contribution in [2.45, 2.75) is 11.8 Å². The van der Waals surface area contributed by atoms with Gasteiger partial charge in [-0.2, -0.15) is 8.78 Å². The van der Waals surface area contributed by atoms with Crippen LogP contribution in [0.5, 0.6) is 0 Å². The summed E-state index contributed by atoms with van der Waals surface area (Å²) in [6, 6.07) is 7.81. The molecule has 0 aliphatic rings. The number of benzene rings is 1. The number of aryl methyl sites for hydroxylation is 1. The van der Waals surface area contributed by atoms with Crippen molar-refractivity contribution in [3.8, 4) is 0 Å². The molecule has 0 heterocycles. The van der Waals surface area contributed by atoms with E-state index >= 15 is 0 Å². The van der Waals surface area contributed by atoms with Gasteiger partial charge >= 0.3 is 0 Å². The maximum absolute atomic E-state index is 11.6. The van der Waals surface area contributed by atoms with Crippen LogP contribution in [0.1, 0.15) is 5.56 Å². The Labute approximate surface area is 80.7 Å². The Balaban J connectivity index is 2.46. The van der Waals surface area contributed by atoms with Gasteiger partial charge in [0.25, 0.3) is 6.08 Å². The molecular weight excluding hydrogens is 190 g/mol. The fourth-order valence-corrected chi connectivity index (χ4v) is 1.57. The third kappa shape index (κ3) is 4.08. The molecule has 0 N–H and O–H groups in total. The summed E-state index contributed by atoms with van der Waals surface area (Å²) in [6.07, 6.45) is -0.690. The van der Waals surface area contributed by atoms with Crippen molar-refractivity contribution < 1.29 is 8.78 Å². The number of thioether (sulfide) groups is 1. The van der Waals surface area contributed by atoms with Crippen LogP contribution < -0.4 is 0 Å². The molecule has 13 heavy (non-hydrogen) atoms. The first-order chi connectivity index (χ1) is 6.18. The zero-order chi connectivity index (χ0) is 9.68. The van der Waals surface area contributed by atoms with Crippen LogP contribution >= 0.6 is 11.8 Å². The lowest BCUT2D eigenvalue weighted by atomic mass is 10.2. The first-order valence-corrected chi connectivity index (χ1v) is 4.87. The summed E-state index contributed by atoms with van der Waals surface area (Å²) in [7, 11) is 0. The third-order valence-corrected chi connectivity index (χ3v) is 2.45. The Morgan fingerprint density at radius 1 is 1.31 bits per heavy atom. The van der Waals surface area contributed by atoms with E-state index in [1.54, 1.807) is 0 Å². The summed E-state index contributed by atoms with van der Waals surface area (Å²) in [5, 5.41) is 0. The summed E-state index contributed by atoms with van der Waals surface area (Å²) in [5.74, 6) is 0.325. The highest BCUT2D eigenvalue weighted by atomic mass is 32.2. The maximum atomic E-state index is 11.6. The van der Waals surface area contributed by atoms with E-state index in [0.29, 0.717) is 5.75 Å². The molecule has 0 nitrogen and oxygen atoms in total. The number of halogens is 2. The molecule has 0 aliphatic heterocycles. The highest BCUT2D eigenvalue weighted by Crippen LogP contribution is 2.18. The topological polar surface area (TPSA) is 0 Å². The predicted octanol–water partition coefficient (Wildman–Crippen LogP) is 3.87. The van der Waals surface area contributed by atoms with E-state index in [0.717, 1.165) is 11.0 Å². The second-order valence-corrected chi connectivity index (χ2v) is 3.71. The molecule has 0 fully saturated rings. The van der Waals surface area contributed by atoms with E-state index in [9.17, 15) is 8.78 Å². The molecule has 1 aromatic carbocycles. The largest absolute Gasteiger partial charge is 0.267 e. The minimum Gasteiger partial charge on any atom is -0.174 e. The fourth-order valence-electron chi connectivity index (χ4n) is 0.835. The predicted molar refractivity (Wildman–Crippen MR) is 52.2 cm³/mol. The second kappa shape index (κ2) is 5.02. The van der Waals surface area contributed by atoms with Gasteiger partial charge in [-0.15, -0.1) is 11.8 Å². The van der Waals surface area contributed by atoms with Gasteiger partial charge in [0.1, 0.15) is 0 Å². The van der Waals surface area contributed by atoms with Crippen molar-refractivity contribution in [2.75, 3.05) is 5.75 Å². The molecule has 0 aromatic heterocycles. The average Bonchev–Trinajstić information content (AvgIpc) is 2.08. The molecule has 0 atom stereocenters. The van der Waals surface area contributed by atoms with Crippen LogP contribution in [0.4, 0.5) is 8.78 Å². The Morgan fingerprint density at radius 3 is 2.46 bits per heavy atom. The molecule has 1 aromatic rings. The van der Waals surface area contributed by atoms with Crippen LogP contribution in [0.15, 0.2) is 41.3 Å². The Kier molecular flexibility index (Phi) is 3.96. The van der Waals surface area contributed by atoms with Crippen LogP contribution in [0.3, 0.4) is 0 Å². The molecular formula is C10H10F2S. The summed E-state index contributed by atoms with van der Waals surface area (Å²) < 4.78 is 23.3. The van der Waals surface area contributed by atoms with Gasteiger partial charge in [0, 0.05) is 10.6 Å². The molecule has 1 rings (SSSR count). The van der Waals surface area contributed by atoms with E-state index in [1.807, 2.05) is 31.2 Å².